The summed E-state index contributed by atoms with van der Waals surface area (Å²) in [7, 11) is 1.88. The molecule has 5 rings (SSSR count). The minimum absolute atomic E-state index is 0.0800. The number of unbranched alkanes of at least 4 members (excludes halogenated alkanes) is 1. The van der Waals surface area contributed by atoms with Crippen molar-refractivity contribution in [2.75, 3.05) is 0 Å². The Balaban J connectivity index is 1.52. The number of rotatable bonds is 9. The monoisotopic (exact) mass is 497 g/mol. The smallest absolute Gasteiger partial charge is 0.290 e. The minimum Gasteiger partial charge on any atom is -0.290 e. The molecule has 1 aromatic carbocycles. The van der Waals surface area contributed by atoms with Crippen LogP contribution in [0.2, 0.25) is 0 Å². The van der Waals surface area contributed by atoms with Crippen molar-refractivity contribution in [1.29, 1.82) is 0 Å². The molecule has 0 aliphatic rings. The van der Waals surface area contributed by atoms with Crippen LogP contribution in [-0.4, -0.2) is 44.5 Å². The molecule has 0 atom stereocenters. The molecule has 4 aromatic heterocycles. The van der Waals surface area contributed by atoms with E-state index in [1.165, 1.54) is 0 Å². The van der Waals surface area contributed by atoms with Crippen molar-refractivity contribution < 1.29 is 0 Å². The number of benzene rings is 1. The van der Waals surface area contributed by atoms with Gasteiger partial charge in [0.25, 0.3) is 0 Å². The highest BCUT2D eigenvalue weighted by molar-refractivity contribution is 5.70. The van der Waals surface area contributed by atoms with Crippen LogP contribution in [0, 0.1) is 0 Å². The molecule has 10 nitrogen and oxygen atoms in total. The summed E-state index contributed by atoms with van der Waals surface area (Å²) in [5.41, 5.74) is 5.70. The number of imidazole rings is 1. The quantitative estimate of drug-likeness (QED) is 0.328. The van der Waals surface area contributed by atoms with Crippen molar-refractivity contribution in [3.8, 4) is 28.3 Å². The van der Waals surface area contributed by atoms with Crippen molar-refractivity contribution in [2.24, 2.45) is 7.05 Å². The Bertz CT molecular complexity index is 1560. The summed E-state index contributed by atoms with van der Waals surface area (Å²) in [5, 5.41) is 18.6. The molecule has 4 heterocycles. The van der Waals surface area contributed by atoms with E-state index in [2.05, 4.69) is 51.5 Å². The molecule has 0 saturated carbocycles. The summed E-state index contributed by atoms with van der Waals surface area (Å²) < 4.78 is 5.36. The summed E-state index contributed by atoms with van der Waals surface area (Å²) in [6, 6.07) is 12.0. The number of nitrogens with one attached hydrogen (secondary N) is 1. The molecule has 0 fully saturated rings. The molecule has 190 valence electrons. The number of aromatic nitrogens is 9. The molecular formula is C27H31N9O. The molecular weight excluding hydrogens is 466 g/mol. The zero-order valence-corrected chi connectivity index (χ0v) is 21.6. The summed E-state index contributed by atoms with van der Waals surface area (Å²) in [6.45, 7) is 6.78. The molecule has 5 aromatic rings. The fraction of sp³-hybridized carbons (Fsp3) is 0.333. The minimum atomic E-state index is -0.0800. The molecule has 0 aliphatic heterocycles. The molecule has 1 N–H and O–H groups in total. The molecule has 0 unspecified atom stereocenters. The lowest BCUT2D eigenvalue weighted by Gasteiger charge is -2.10. The second-order valence-corrected chi connectivity index (χ2v) is 9.53. The van der Waals surface area contributed by atoms with E-state index < -0.39 is 0 Å². The highest BCUT2D eigenvalue weighted by Crippen LogP contribution is 2.25. The zero-order valence-electron chi connectivity index (χ0n) is 21.6. The van der Waals surface area contributed by atoms with E-state index in [-0.39, 0.29) is 11.6 Å². The molecule has 0 amide bonds. The number of aromatic amines is 1. The van der Waals surface area contributed by atoms with Gasteiger partial charge >= 0.3 is 5.69 Å². The van der Waals surface area contributed by atoms with Crippen LogP contribution in [0.1, 0.15) is 56.5 Å². The first-order valence-corrected chi connectivity index (χ1v) is 12.6. The molecule has 37 heavy (non-hydrogen) atoms. The van der Waals surface area contributed by atoms with E-state index in [0.29, 0.717) is 12.4 Å². The van der Waals surface area contributed by atoms with E-state index in [0.717, 1.165) is 58.7 Å². The van der Waals surface area contributed by atoms with Gasteiger partial charge in [-0.1, -0.05) is 45.4 Å². The van der Waals surface area contributed by atoms with Crippen LogP contribution in [0.15, 0.2) is 59.8 Å². The first-order valence-electron chi connectivity index (χ1n) is 12.6. The zero-order chi connectivity index (χ0) is 25.9. The maximum absolute atomic E-state index is 13.7. The lowest BCUT2D eigenvalue weighted by molar-refractivity contribution is 0.654. The number of tetrazole rings is 1. The van der Waals surface area contributed by atoms with Crippen LogP contribution in [-0.2, 0) is 20.0 Å². The van der Waals surface area contributed by atoms with Crippen molar-refractivity contribution in [1.82, 2.24) is 44.5 Å². The first-order chi connectivity index (χ1) is 18.0. The Hall–Kier alpha value is -4.34. The maximum atomic E-state index is 13.7. The van der Waals surface area contributed by atoms with Crippen molar-refractivity contribution in [3.05, 3.63) is 82.4 Å². The Kier molecular flexibility index (Phi) is 6.80. The molecule has 0 spiro atoms. The van der Waals surface area contributed by atoms with Gasteiger partial charge in [0, 0.05) is 36.3 Å². The fourth-order valence-corrected chi connectivity index (χ4v) is 4.59. The van der Waals surface area contributed by atoms with Crippen LogP contribution in [0.4, 0.5) is 0 Å². The second kappa shape index (κ2) is 10.3. The molecule has 10 heteroatoms. The summed E-state index contributed by atoms with van der Waals surface area (Å²) >= 11 is 0. The molecule has 0 saturated heterocycles. The summed E-state index contributed by atoms with van der Waals surface area (Å²) in [5.74, 6) is 1.68. The fourth-order valence-electron chi connectivity index (χ4n) is 4.59. The van der Waals surface area contributed by atoms with Gasteiger partial charge in [-0.3, -0.25) is 18.8 Å². The lowest BCUT2D eigenvalue weighted by Crippen LogP contribution is -2.26. The largest absolute Gasteiger partial charge is 0.334 e. The maximum Gasteiger partial charge on any atom is 0.334 e. The Morgan fingerprint density at radius 3 is 2.65 bits per heavy atom. The SMILES string of the molecule is CCCCc1cn(-c2c(C(C)C)cnn2C)c(=O)n1Cc1cc(-c2cccc(-c3nnn[nH]3)c2)ccn1. The highest BCUT2D eigenvalue weighted by Gasteiger charge is 2.20. The van der Waals surface area contributed by atoms with E-state index in [1.807, 2.05) is 60.4 Å². The van der Waals surface area contributed by atoms with E-state index >= 15 is 0 Å². The average Bonchev–Trinajstić information content (AvgIpc) is 3.64. The van der Waals surface area contributed by atoms with Crippen molar-refractivity contribution >= 4 is 0 Å². The van der Waals surface area contributed by atoms with Gasteiger partial charge in [-0.15, -0.1) is 5.10 Å². The molecule has 0 aliphatic carbocycles. The number of H-pyrrole nitrogens is 1. The topological polar surface area (TPSA) is 112 Å². The van der Waals surface area contributed by atoms with Crippen LogP contribution in [0.25, 0.3) is 28.3 Å². The van der Waals surface area contributed by atoms with Crippen LogP contribution < -0.4 is 5.69 Å². The first kappa shape index (κ1) is 24.4. The standard InChI is InChI=1S/C27H31N9O/c1-5-6-10-23-17-36(26-24(18(2)3)15-29-34(26)4)27(37)35(23)16-22-14-20(11-12-28-22)19-8-7-9-21(13-19)25-30-32-33-31-25/h7-9,11-15,17-18H,5-6,10,16H2,1-4H3,(H,30,31,32,33). The van der Waals surface area contributed by atoms with E-state index in [9.17, 15) is 4.79 Å². The van der Waals surface area contributed by atoms with Gasteiger partial charge in [-0.2, -0.15) is 5.10 Å². The number of hydrogen-bond donors (Lipinski definition) is 1. The van der Waals surface area contributed by atoms with Gasteiger partial charge in [-0.25, -0.2) is 9.89 Å². The van der Waals surface area contributed by atoms with E-state index in [4.69, 9.17) is 0 Å². The van der Waals surface area contributed by atoms with E-state index in [1.54, 1.807) is 15.4 Å². The Labute approximate surface area is 215 Å². The lowest BCUT2D eigenvalue weighted by atomic mass is 10.0. The normalized spacial score (nSPS) is 11.5. The average molecular weight is 498 g/mol. The third-order valence-corrected chi connectivity index (χ3v) is 6.58. The van der Waals surface area contributed by atoms with Gasteiger partial charge in [0.15, 0.2) is 5.82 Å². The number of pyridine rings is 1. The third-order valence-electron chi connectivity index (χ3n) is 6.58. The second-order valence-electron chi connectivity index (χ2n) is 9.53. The Morgan fingerprint density at radius 1 is 1.08 bits per heavy atom. The van der Waals surface area contributed by atoms with Gasteiger partial charge in [0.2, 0.25) is 0 Å². The Morgan fingerprint density at radius 2 is 1.89 bits per heavy atom. The van der Waals surface area contributed by atoms with Crippen LogP contribution in [0.3, 0.4) is 0 Å². The number of aryl methyl sites for hydroxylation is 2. The summed E-state index contributed by atoms with van der Waals surface area (Å²) in [6.07, 6.45) is 8.48. The highest BCUT2D eigenvalue weighted by atomic mass is 16.1. The van der Waals surface area contributed by atoms with Crippen molar-refractivity contribution in [3.63, 3.8) is 0 Å². The van der Waals surface area contributed by atoms with Gasteiger partial charge in [0.05, 0.1) is 18.4 Å². The van der Waals surface area contributed by atoms with Crippen molar-refractivity contribution in [2.45, 2.75) is 52.5 Å². The van der Waals surface area contributed by atoms with Gasteiger partial charge < -0.3 is 0 Å². The summed E-state index contributed by atoms with van der Waals surface area (Å²) in [4.78, 5) is 18.4. The number of nitrogens with zero attached hydrogens (tertiary/aromatic N) is 8. The number of hydrogen-bond acceptors (Lipinski definition) is 6. The predicted octanol–water partition coefficient (Wildman–Crippen LogP) is 4.13. The third kappa shape index (κ3) is 4.87. The van der Waals surface area contributed by atoms with Gasteiger partial charge in [0.1, 0.15) is 5.82 Å². The molecule has 0 radical (unpaired) electrons. The predicted molar refractivity (Wildman–Crippen MR) is 141 cm³/mol. The van der Waals surface area contributed by atoms with Crippen LogP contribution >= 0.6 is 0 Å². The molecule has 0 bridgehead atoms. The van der Waals surface area contributed by atoms with Gasteiger partial charge in [-0.05, 0) is 58.5 Å². The van der Waals surface area contributed by atoms with Crippen LogP contribution in [0.5, 0.6) is 0 Å².